The molecule has 5 nitrogen and oxygen atoms in total. The fourth-order valence-corrected chi connectivity index (χ4v) is 2.74. The normalized spacial score (nSPS) is 17.7. The van der Waals surface area contributed by atoms with Crippen LogP contribution in [0.15, 0.2) is 18.2 Å². The minimum atomic E-state index is -0.513. The standard InChI is InChI=1S/C18H27ClN2O3/c1-12(2)21(17(22)24-18(3,4)5)9-15-11-23-10-13-8-14(19)6-7-16(13)20-15/h6-8,12,15,20H,9-11H2,1-5H3. The lowest BCUT2D eigenvalue weighted by molar-refractivity contribution is 0.0154. The molecule has 1 amide bonds. The molecule has 0 saturated heterocycles. The number of nitrogens with zero attached hydrogens (tertiary/aromatic N) is 1. The molecule has 1 atom stereocenters. The van der Waals surface area contributed by atoms with Crippen LogP contribution in [0.4, 0.5) is 10.5 Å². The van der Waals surface area contributed by atoms with Gasteiger partial charge in [0.05, 0.1) is 19.3 Å². The van der Waals surface area contributed by atoms with Gasteiger partial charge >= 0.3 is 6.09 Å². The van der Waals surface area contributed by atoms with Crippen LogP contribution in [0, 0.1) is 0 Å². The number of nitrogens with one attached hydrogen (secondary N) is 1. The van der Waals surface area contributed by atoms with Crippen LogP contribution in [-0.2, 0) is 16.1 Å². The average Bonchev–Trinajstić information content (AvgIpc) is 2.63. The Hall–Kier alpha value is -1.46. The van der Waals surface area contributed by atoms with Crippen molar-refractivity contribution in [3.8, 4) is 0 Å². The van der Waals surface area contributed by atoms with Gasteiger partial charge in [0.1, 0.15) is 5.60 Å². The number of hydrogen-bond donors (Lipinski definition) is 1. The lowest BCUT2D eigenvalue weighted by atomic mass is 10.1. The third kappa shape index (κ3) is 5.28. The van der Waals surface area contributed by atoms with Gasteiger partial charge in [0.2, 0.25) is 0 Å². The molecular weight excluding hydrogens is 328 g/mol. The molecule has 0 aromatic heterocycles. The van der Waals surface area contributed by atoms with E-state index < -0.39 is 5.60 Å². The fraction of sp³-hybridized carbons (Fsp3) is 0.611. The van der Waals surface area contributed by atoms with Crippen LogP contribution >= 0.6 is 11.6 Å². The molecular formula is C18H27ClN2O3. The van der Waals surface area contributed by atoms with Gasteiger partial charge in [0, 0.05) is 28.9 Å². The number of hydrogen-bond acceptors (Lipinski definition) is 4. The summed E-state index contributed by atoms with van der Waals surface area (Å²) < 4.78 is 11.3. The van der Waals surface area contributed by atoms with Crippen LogP contribution in [0.25, 0.3) is 0 Å². The number of anilines is 1. The molecule has 1 aromatic carbocycles. The summed E-state index contributed by atoms with van der Waals surface area (Å²) in [5.74, 6) is 0. The number of carbonyl (C=O) groups is 1. The molecule has 2 rings (SSSR count). The second-order valence-corrected chi connectivity index (χ2v) is 7.82. The van der Waals surface area contributed by atoms with Gasteiger partial charge in [0.15, 0.2) is 0 Å². The lowest BCUT2D eigenvalue weighted by Crippen LogP contribution is -2.47. The Bertz CT molecular complexity index is 584. The summed E-state index contributed by atoms with van der Waals surface area (Å²) in [5.41, 5.74) is 1.51. The Kier molecular flexibility index (Phi) is 5.99. The Balaban J connectivity index is 2.09. The van der Waals surface area contributed by atoms with Crippen molar-refractivity contribution in [1.29, 1.82) is 0 Å². The van der Waals surface area contributed by atoms with Gasteiger partial charge < -0.3 is 19.7 Å². The zero-order valence-corrected chi connectivity index (χ0v) is 15.8. The monoisotopic (exact) mass is 354 g/mol. The Morgan fingerprint density at radius 1 is 1.46 bits per heavy atom. The molecule has 0 spiro atoms. The van der Waals surface area contributed by atoms with E-state index in [0.29, 0.717) is 24.8 Å². The largest absolute Gasteiger partial charge is 0.444 e. The summed E-state index contributed by atoms with van der Waals surface area (Å²) in [5, 5.41) is 4.15. The number of ether oxygens (including phenoxy) is 2. The number of halogens is 1. The van der Waals surface area contributed by atoms with Crippen LogP contribution < -0.4 is 5.32 Å². The molecule has 24 heavy (non-hydrogen) atoms. The molecule has 0 aliphatic carbocycles. The SMILES string of the molecule is CC(C)N(CC1COCc2cc(Cl)ccc2N1)C(=O)OC(C)(C)C. The van der Waals surface area contributed by atoms with Crippen molar-refractivity contribution in [3.63, 3.8) is 0 Å². The molecule has 1 aliphatic heterocycles. The maximum atomic E-state index is 12.5. The van der Waals surface area contributed by atoms with Gasteiger partial charge in [-0.2, -0.15) is 0 Å². The number of carbonyl (C=O) groups excluding carboxylic acids is 1. The van der Waals surface area contributed by atoms with Crippen LogP contribution in [0.1, 0.15) is 40.2 Å². The summed E-state index contributed by atoms with van der Waals surface area (Å²) in [6, 6.07) is 5.73. The Morgan fingerprint density at radius 3 is 2.79 bits per heavy atom. The first-order valence-electron chi connectivity index (χ1n) is 8.28. The summed E-state index contributed by atoms with van der Waals surface area (Å²) in [6.07, 6.45) is -0.306. The molecule has 1 heterocycles. The minimum absolute atomic E-state index is 0.0117. The van der Waals surface area contributed by atoms with Gasteiger partial charge in [0.25, 0.3) is 0 Å². The zero-order chi connectivity index (χ0) is 17.9. The highest BCUT2D eigenvalue weighted by molar-refractivity contribution is 6.30. The maximum Gasteiger partial charge on any atom is 0.410 e. The van der Waals surface area contributed by atoms with E-state index in [2.05, 4.69) is 5.32 Å². The predicted molar refractivity (Wildman–Crippen MR) is 96.6 cm³/mol. The van der Waals surface area contributed by atoms with E-state index in [9.17, 15) is 4.79 Å². The highest BCUT2D eigenvalue weighted by Gasteiger charge is 2.27. The summed E-state index contributed by atoms with van der Waals surface area (Å²) in [7, 11) is 0. The number of rotatable bonds is 3. The van der Waals surface area contributed by atoms with E-state index >= 15 is 0 Å². The smallest absolute Gasteiger partial charge is 0.410 e. The van der Waals surface area contributed by atoms with Crippen molar-refractivity contribution in [1.82, 2.24) is 4.90 Å². The second-order valence-electron chi connectivity index (χ2n) is 7.38. The fourth-order valence-electron chi connectivity index (χ4n) is 2.55. The summed E-state index contributed by atoms with van der Waals surface area (Å²) in [4.78, 5) is 14.2. The minimum Gasteiger partial charge on any atom is -0.444 e. The molecule has 1 aliphatic rings. The van der Waals surface area contributed by atoms with Gasteiger partial charge in [-0.1, -0.05) is 11.6 Å². The van der Waals surface area contributed by atoms with E-state index in [4.69, 9.17) is 21.1 Å². The number of fused-ring (bicyclic) bond motifs is 1. The number of amides is 1. The summed E-state index contributed by atoms with van der Waals surface area (Å²) in [6.45, 7) is 11.1. The molecule has 1 N–H and O–H groups in total. The molecule has 0 fully saturated rings. The predicted octanol–water partition coefficient (Wildman–Crippen LogP) is 4.30. The third-order valence-electron chi connectivity index (χ3n) is 3.67. The average molecular weight is 355 g/mol. The van der Waals surface area contributed by atoms with E-state index in [1.54, 1.807) is 4.90 Å². The highest BCUT2D eigenvalue weighted by Crippen LogP contribution is 2.25. The molecule has 0 saturated carbocycles. The van der Waals surface area contributed by atoms with Crippen LogP contribution in [0.3, 0.4) is 0 Å². The van der Waals surface area contributed by atoms with E-state index in [-0.39, 0.29) is 18.2 Å². The van der Waals surface area contributed by atoms with Crippen molar-refractivity contribution in [2.75, 3.05) is 18.5 Å². The van der Waals surface area contributed by atoms with Crippen molar-refractivity contribution < 1.29 is 14.3 Å². The van der Waals surface area contributed by atoms with Crippen molar-refractivity contribution in [2.45, 2.75) is 58.9 Å². The highest BCUT2D eigenvalue weighted by atomic mass is 35.5. The molecule has 1 aromatic rings. The number of benzene rings is 1. The summed E-state index contributed by atoms with van der Waals surface area (Å²) >= 11 is 6.04. The zero-order valence-electron chi connectivity index (χ0n) is 15.1. The Morgan fingerprint density at radius 2 is 2.17 bits per heavy atom. The van der Waals surface area contributed by atoms with Crippen LogP contribution in [0.5, 0.6) is 0 Å². The van der Waals surface area contributed by atoms with Gasteiger partial charge in [-0.25, -0.2) is 4.79 Å². The first kappa shape index (κ1) is 18.9. The molecule has 0 bridgehead atoms. The second kappa shape index (κ2) is 7.62. The van der Waals surface area contributed by atoms with E-state index in [0.717, 1.165) is 11.3 Å². The maximum absolute atomic E-state index is 12.5. The molecule has 0 radical (unpaired) electrons. The first-order valence-corrected chi connectivity index (χ1v) is 8.66. The molecule has 1 unspecified atom stereocenters. The van der Waals surface area contributed by atoms with Crippen molar-refractivity contribution in [2.24, 2.45) is 0 Å². The van der Waals surface area contributed by atoms with E-state index in [1.165, 1.54) is 0 Å². The van der Waals surface area contributed by atoms with Gasteiger partial charge in [-0.15, -0.1) is 0 Å². The van der Waals surface area contributed by atoms with Crippen molar-refractivity contribution >= 4 is 23.4 Å². The van der Waals surface area contributed by atoms with Gasteiger partial charge in [-0.3, -0.25) is 0 Å². The third-order valence-corrected chi connectivity index (χ3v) is 3.91. The lowest BCUT2D eigenvalue weighted by Gasteiger charge is -2.32. The Labute approximate surface area is 149 Å². The van der Waals surface area contributed by atoms with E-state index in [1.807, 2.05) is 52.8 Å². The molecule has 134 valence electrons. The first-order chi connectivity index (χ1) is 11.2. The van der Waals surface area contributed by atoms with Crippen molar-refractivity contribution in [3.05, 3.63) is 28.8 Å². The molecule has 6 heteroatoms. The van der Waals surface area contributed by atoms with Crippen LogP contribution in [0.2, 0.25) is 5.02 Å². The van der Waals surface area contributed by atoms with Crippen LogP contribution in [-0.4, -0.2) is 41.8 Å². The topological polar surface area (TPSA) is 50.8 Å². The quantitative estimate of drug-likeness (QED) is 0.879. The van der Waals surface area contributed by atoms with Gasteiger partial charge in [-0.05, 0) is 52.8 Å².